The van der Waals surface area contributed by atoms with Crippen LogP contribution in [0.1, 0.15) is 16.7 Å². The van der Waals surface area contributed by atoms with Gasteiger partial charge in [-0.1, -0.05) is 106 Å². The maximum Gasteiger partial charge on any atom is 0.124 e. The molecule has 4 aromatic carbocycles. The van der Waals surface area contributed by atoms with Crippen LogP contribution in [0.4, 0.5) is 0 Å². The summed E-state index contributed by atoms with van der Waals surface area (Å²) in [5.74, 6) is 0.193. The normalized spacial score (nSPS) is 10.2. The zero-order valence-electron chi connectivity index (χ0n) is 16.1. The molecule has 1 nitrogen and oxygen atoms in total. The van der Waals surface area contributed by atoms with E-state index in [1.807, 2.05) is 31.2 Å². The molecule has 3 heteroatoms. The molecule has 0 bridgehead atoms. The van der Waals surface area contributed by atoms with E-state index in [2.05, 4.69) is 76.6 Å². The van der Waals surface area contributed by atoms with Crippen LogP contribution in [0.15, 0.2) is 102 Å². The van der Waals surface area contributed by atoms with Crippen molar-refractivity contribution in [2.75, 3.05) is 0 Å². The number of rotatable bonds is 3. The lowest BCUT2D eigenvalue weighted by molar-refractivity contribution is 0.477. The van der Waals surface area contributed by atoms with Crippen molar-refractivity contribution >= 4 is 27.5 Å². The van der Waals surface area contributed by atoms with Gasteiger partial charge in [-0.3, -0.25) is 0 Å². The van der Waals surface area contributed by atoms with E-state index in [0.717, 1.165) is 27.6 Å². The first-order valence-electron chi connectivity index (χ1n) is 9.36. The van der Waals surface area contributed by atoms with Crippen molar-refractivity contribution in [1.29, 1.82) is 0 Å². The standard InChI is InChI=1S/C13H10BrClO.C13H12/c1-8-2-5-12(14)11(6-8)10-4-3-9(15)7-13(10)16;1-3-7-12(8-4-1)11-13-9-5-2-6-10-13/h2-7,16H,1H3;1-10H,11H2. The molecule has 29 heavy (non-hydrogen) atoms. The summed E-state index contributed by atoms with van der Waals surface area (Å²) >= 11 is 9.28. The molecule has 0 aliphatic carbocycles. The molecule has 0 radical (unpaired) electrons. The highest BCUT2D eigenvalue weighted by molar-refractivity contribution is 9.10. The van der Waals surface area contributed by atoms with Crippen LogP contribution in [-0.4, -0.2) is 5.11 Å². The molecule has 0 atom stereocenters. The Bertz CT molecular complexity index is 1030. The Morgan fingerprint density at radius 2 is 1.31 bits per heavy atom. The molecule has 0 saturated heterocycles. The predicted octanol–water partition coefficient (Wildman–Crippen LogP) is 8.06. The zero-order valence-corrected chi connectivity index (χ0v) is 18.5. The Hall–Kier alpha value is -2.55. The van der Waals surface area contributed by atoms with Gasteiger partial charge in [-0.05, 0) is 54.3 Å². The summed E-state index contributed by atoms with van der Waals surface area (Å²) in [5.41, 5.74) is 5.63. The molecule has 0 amide bonds. The molecular weight excluding hydrogens is 444 g/mol. The molecule has 4 rings (SSSR count). The number of hydrogen-bond acceptors (Lipinski definition) is 1. The molecular formula is C26H22BrClO. The maximum atomic E-state index is 9.85. The lowest BCUT2D eigenvalue weighted by atomic mass is 10.0. The predicted molar refractivity (Wildman–Crippen MR) is 127 cm³/mol. The van der Waals surface area contributed by atoms with E-state index < -0.39 is 0 Å². The van der Waals surface area contributed by atoms with Crippen LogP contribution in [0, 0.1) is 6.92 Å². The third-order valence-corrected chi connectivity index (χ3v) is 5.39. The number of phenols is 1. The number of halogens is 2. The van der Waals surface area contributed by atoms with Crippen LogP contribution in [0.25, 0.3) is 11.1 Å². The van der Waals surface area contributed by atoms with E-state index in [1.165, 1.54) is 11.1 Å². The first-order valence-corrected chi connectivity index (χ1v) is 10.5. The molecule has 0 unspecified atom stereocenters. The van der Waals surface area contributed by atoms with Gasteiger partial charge in [-0.2, -0.15) is 0 Å². The molecule has 0 aromatic heterocycles. The monoisotopic (exact) mass is 464 g/mol. The number of hydrogen-bond donors (Lipinski definition) is 1. The summed E-state index contributed by atoms with van der Waals surface area (Å²) in [5, 5.41) is 10.4. The van der Waals surface area contributed by atoms with Crippen LogP contribution in [0.2, 0.25) is 5.02 Å². The van der Waals surface area contributed by atoms with Gasteiger partial charge in [0.25, 0.3) is 0 Å². The van der Waals surface area contributed by atoms with E-state index in [9.17, 15) is 5.11 Å². The average molecular weight is 466 g/mol. The third-order valence-electron chi connectivity index (χ3n) is 4.47. The second-order valence-electron chi connectivity index (χ2n) is 6.79. The van der Waals surface area contributed by atoms with Crippen molar-refractivity contribution in [3.8, 4) is 16.9 Å². The summed E-state index contributed by atoms with van der Waals surface area (Å²) in [4.78, 5) is 0. The lowest BCUT2D eigenvalue weighted by Crippen LogP contribution is -1.85. The minimum atomic E-state index is 0.193. The highest BCUT2D eigenvalue weighted by Crippen LogP contribution is 2.36. The maximum absolute atomic E-state index is 9.85. The Morgan fingerprint density at radius 1 is 0.724 bits per heavy atom. The molecule has 0 saturated carbocycles. The summed E-state index contributed by atoms with van der Waals surface area (Å²) in [7, 11) is 0. The largest absolute Gasteiger partial charge is 0.507 e. The summed E-state index contributed by atoms with van der Waals surface area (Å²) < 4.78 is 0.954. The van der Waals surface area contributed by atoms with Gasteiger partial charge in [0.15, 0.2) is 0 Å². The number of phenolic OH excluding ortho intramolecular Hbond substituents is 1. The minimum Gasteiger partial charge on any atom is -0.507 e. The number of aromatic hydroxyl groups is 1. The van der Waals surface area contributed by atoms with Crippen molar-refractivity contribution in [2.24, 2.45) is 0 Å². The van der Waals surface area contributed by atoms with Crippen LogP contribution in [0.3, 0.4) is 0 Å². The first-order chi connectivity index (χ1) is 14.0. The Kier molecular flexibility index (Phi) is 7.51. The van der Waals surface area contributed by atoms with Gasteiger partial charge in [-0.25, -0.2) is 0 Å². The fraction of sp³-hybridized carbons (Fsp3) is 0.0769. The summed E-state index contributed by atoms with van der Waals surface area (Å²) in [6, 6.07) is 32.2. The molecule has 0 heterocycles. The van der Waals surface area contributed by atoms with Crippen LogP contribution in [-0.2, 0) is 6.42 Å². The molecule has 0 aliphatic rings. The van der Waals surface area contributed by atoms with Crippen molar-refractivity contribution in [1.82, 2.24) is 0 Å². The number of benzene rings is 4. The Morgan fingerprint density at radius 3 is 1.86 bits per heavy atom. The fourth-order valence-electron chi connectivity index (χ4n) is 3.01. The Balaban J connectivity index is 0.000000169. The summed E-state index contributed by atoms with van der Waals surface area (Å²) in [6.07, 6.45) is 1.03. The van der Waals surface area contributed by atoms with Crippen LogP contribution < -0.4 is 0 Å². The molecule has 0 fully saturated rings. The smallest absolute Gasteiger partial charge is 0.124 e. The van der Waals surface area contributed by atoms with Gasteiger partial charge in [0, 0.05) is 15.1 Å². The first kappa shape index (κ1) is 21.2. The van der Waals surface area contributed by atoms with Crippen molar-refractivity contribution in [2.45, 2.75) is 13.3 Å². The van der Waals surface area contributed by atoms with E-state index in [4.69, 9.17) is 11.6 Å². The minimum absolute atomic E-state index is 0.193. The molecule has 0 spiro atoms. The average Bonchev–Trinajstić information content (AvgIpc) is 2.72. The van der Waals surface area contributed by atoms with Crippen molar-refractivity contribution in [3.63, 3.8) is 0 Å². The highest BCUT2D eigenvalue weighted by Gasteiger charge is 2.08. The zero-order chi connectivity index (χ0) is 20.6. The van der Waals surface area contributed by atoms with Crippen LogP contribution >= 0.6 is 27.5 Å². The van der Waals surface area contributed by atoms with E-state index in [1.54, 1.807) is 12.1 Å². The second-order valence-corrected chi connectivity index (χ2v) is 8.08. The van der Waals surface area contributed by atoms with E-state index in [-0.39, 0.29) is 5.75 Å². The van der Waals surface area contributed by atoms with Gasteiger partial charge in [-0.15, -0.1) is 0 Å². The molecule has 146 valence electrons. The second kappa shape index (κ2) is 10.3. The van der Waals surface area contributed by atoms with Crippen molar-refractivity contribution in [3.05, 3.63) is 123 Å². The molecule has 0 aliphatic heterocycles. The highest BCUT2D eigenvalue weighted by atomic mass is 79.9. The van der Waals surface area contributed by atoms with Gasteiger partial charge >= 0.3 is 0 Å². The van der Waals surface area contributed by atoms with Gasteiger partial charge in [0.1, 0.15) is 5.75 Å². The number of aryl methyl sites for hydroxylation is 1. The third kappa shape index (κ3) is 6.22. The van der Waals surface area contributed by atoms with E-state index in [0.29, 0.717) is 5.02 Å². The Labute approximate surface area is 185 Å². The quantitative estimate of drug-likeness (QED) is 0.324. The lowest BCUT2D eigenvalue weighted by Gasteiger charge is -2.08. The fourth-order valence-corrected chi connectivity index (χ4v) is 3.63. The SMILES string of the molecule is Cc1ccc(Br)c(-c2ccc(Cl)cc2O)c1.c1ccc(Cc2ccccc2)cc1. The van der Waals surface area contributed by atoms with Crippen LogP contribution in [0.5, 0.6) is 5.75 Å². The molecule has 4 aromatic rings. The summed E-state index contributed by atoms with van der Waals surface area (Å²) in [6.45, 7) is 2.02. The van der Waals surface area contributed by atoms with Gasteiger partial charge < -0.3 is 5.11 Å². The van der Waals surface area contributed by atoms with Crippen molar-refractivity contribution < 1.29 is 5.11 Å². The topological polar surface area (TPSA) is 20.2 Å². The van der Waals surface area contributed by atoms with Gasteiger partial charge in [0.05, 0.1) is 0 Å². The molecule has 1 N–H and O–H groups in total. The van der Waals surface area contributed by atoms with Gasteiger partial charge in [0.2, 0.25) is 0 Å². The van der Waals surface area contributed by atoms with E-state index >= 15 is 0 Å².